The molecule has 0 aromatic heterocycles. The molecule has 0 spiro atoms. The standard InChI is InChI=1S/C11H22BN3O5/c13-4-9(14)10(16)15-5-7(2-1-3-12(19)20)8(6-15)11(17)18/h7-9,19-20H,1-6,13-14H2,(H,17,18)/t7-,8-,9+/m1/s1. The van der Waals surface area contributed by atoms with E-state index in [0.29, 0.717) is 19.4 Å². The van der Waals surface area contributed by atoms with Crippen LogP contribution in [-0.2, 0) is 9.59 Å². The maximum absolute atomic E-state index is 11.9. The Morgan fingerprint density at radius 3 is 2.50 bits per heavy atom. The number of nitrogens with two attached hydrogens (primary N) is 2. The fourth-order valence-corrected chi connectivity index (χ4v) is 2.52. The van der Waals surface area contributed by atoms with Gasteiger partial charge in [0, 0.05) is 19.6 Å². The fraction of sp³-hybridized carbons (Fsp3) is 0.818. The van der Waals surface area contributed by atoms with Crippen molar-refractivity contribution in [2.24, 2.45) is 23.3 Å². The number of carbonyl (C=O) groups excluding carboxylic acids is 1. The van der Waals surface area contributed by atoms with Gasteiger partial charge in [-0.2, -0.15) is 0 Å². The zero-order valence-corrected chi connectivity index (χ0v) is 11.3. The molecule has 1 amide bonds. The Morgan fingerprint density at radius 2 is 2.00 bits per heavy atom. The Labute approximate surface area is 117 Å². The quantitative estimate of drug-likeness (QED) is 0.330. The Hall–Kier alpha value is -1.16. The SMILES string of the molecule is NC[C@H](N)C(=O)N1C[C@@H](CCCB(O)O)[C@H](C(=O)O)C1. The summed E-state index contributed by atoms with van der Waals surface area (Å²) >= 11 is 0. The Bertz CT molecular complexity index is 355. The number of carbonyl (C=O) groups is 2. The topological polar surface area (TPSA) is 150 Å². The molecule has 0 aliphatic carbocycles. The molecule has 0 aromatic rings. The third-order valence-electron chi connectivity index (χ3n) is 3.68. The van der Waals surface area contributed by atoms with Crippen molar-refractivity contribution in [3.8, 4) is 0 Å². The highest BCUT2D eigenvalue weighted by molar-refractivity contribution is 6.40. The molecule has 0 bridgehead atoms. The van der Waals surface area contributed by atoms with E-state index in [-0.39, 0.29) is 31.2 Å². The van der Waals surface area contributed by atoms with Gasteiger partial charge in [0.05, 0.1) is 12.0 Å². The second kappa shape index (κ2) is 7.58. The number of amides is 1. The summed E-state index contributed by atoms with van der Waals surface area (Å²) in [5.74, 6) is -2.11. The van der Waals surface area contributed by atoms with Crippen molar-refractivity contribution in [2.75, 3.05) is 19.6 Å². The van der Waals surface area contributed by atoms with Crippen LogP contribution in [0.4, 0.5) is 0 Å². The summed E-state index contributed by atoms with van der Waals surface area (Å²) in [5, 5.41) is 26.8. The largest absolute Gasteiger partial charge is 0.481 e. The smallest absolute Gasteiger partial charge is 0.451 e. The third kappa shape index (κ3) is 4.45. The monoisotopic (exact) mass is 287 g/mol. The number of carboxylic acids is 1. The van der Waals surface area contributed by atoms with Crippen molar-refractivity contribution in [1.29, 1.82) is 0 Å². The number of nitrogens with zero attached hydrogens (tertiary/aromatic N) is 1. The van der Waals surface area contributed by atoms with E-state index in [1.807, 2.05) is 0 Å². The lowest BCUT2D eigenvalue weighted by Crippen LogP contribution is -2.47. The van der Waals surface area contributed by atoms with Crippen LogP contribution in [0.2, 0.25) is 6.32 Å². The zero-order valence-electron chi connectivity index (χ0n) is 11.3. The van der Waals surface area contributed by atoms with Crippen LogP contribution in [0.1, 0.15) is 12.8 Å². The molecule has 1 fully saturated rings. The minimum atomic E-state index is -1.39. The molecule has 1 saturated heterocycles. The van der Waals surface area contributed by atoms with Crippen LogP contribution < -0.4 is 11.5 Å². The van der Waals surface area contributed by atoms with Crippen LogP contribution >= 0.6 is 0 Å². The van der Waals surface area contributed by atoms with E-state index in [1.54, 1.807) is 0 Å². The Kier molecular flexibility index (Phi) is 6.40. The fourth-order valence-electron chi connectivity index (χ4n) is 2.52. The summed E-state index contributed by atoms with van der Waals surface area (Å²) in [6.07, 6.45) is 1.21. The first kappa shape index (κ1) is 16.9. The van der Waals surface area contributed by atoms with Crippen molar-refractivity contribution in [1.82, 2.24) is 4.90 Å². The molecule has 1 aliphatic rings. The predicted octanol–water partition coefficient (Wildman–Crippen LogP) is -2.32. The van der Waals surface area contributed by atoms with E-state index in [4.69, 9.17) is 21.5 Å². The van der Waals surface area contributed by atoms with Crippen LogP contribution in [-0.4, -0.2) is 64.7 Å². The van der Waals surface area contributed by atoms with E-state index >= 15 is 0 Å². The van der Waals surface area contributed by atoms with Crippen LogP contribution in [0.5, 0.6) is 0 Å². The molecule has 0 saturated carbocycles. The van der Waals surface area contributed by atoms with E-state index < -0.39 is 25.0 Å². The first-order valence-electron chi connectivity index (χ1n) is 6.70. The van der Waals surface area contributed by atoms with Crippen LogP contribution in [0.15, 0.2) is 0 Å². The van der Waals surface area contributed by atoms with Gasteiger partial charge >= 0.3 is 13.1 Å². The van der Waals surface area contributed by atoms with Gasteiger partial charge in [-0.1, -0.05) is 6.42 Å². The van der Waals surface area contributed by atoms with Gasteiger partial charge in [0.15, 0.2) is 0 Å². The van der Waals surface area contributed by atoms with Crippen molar-refractivity contribution < 1.29 is 24.7 Å². The highest BCUT2D eigenvalue weighted by Crippen LogP contribution is 2.28. The number of rotatable bonds is 7. The van der Waals surface area contributed by atoms with E-state index in [1.165, 1.54) is 4.90 Å². The number of hydrogen-bond acceptors (Lipinski definition) is 6. The molecule has 3 atom stereocenters. The first-order chi connectivity index (χ1) is 9.36. The molecule has 9 heteroatoms. The van der Waals surface area contributed by atoms with E-state index in [0.717, 1.165) is 0 Å². The van der Waals surface area contributed by atoms with E-state index in [9.17, 15) is 14.7 Å². The molecule has 7 N–H and O–H groups in total. The predicted molar refractivity (Wildman–Crippen MR) is 72.5 cm³/mol. The van der Waals surface area contributed by atoms with Gasteiger partial charge in [-0.3, -0.25) is 9.59 Å². The van der Waals surface area contributed by atoms with Crippen LogP contribution in [0.25, 0.3) is 0 Å². The molecule has 0 radical (unpaired) electrons. The molecule has 0 unspecified atom stereocenters. The second-order valence-electron chi connectivity index (χ2n) is 5.20. The summed E-state index contributed by atoms with van der Waals surface area (Å²) in [5.41, 5.74) is 10.9. The van der Waals surface area contributed by atoms with Crippen molar-refractivity contribution in [3.05, 3.63) is 0 Å². The molecule has 0 aromatic carbocycles. The maximum atomic E-state index is 11.9. The average molecular weight is 287 g/mol. The highest BCUT2D eigenvalue weighted by Gasteiger charge is 2.40. The lowest BCUT2D eigenvalue weighted by atomic mass is 9.80. The van der Waals surface area contributed by atoms with Crippen LogP contribution in [0, 0.1) is 11.8 Å². The molecular weight excluding hydrogens is 265 g/mol. The lowest BCUT2D eigenvalue weighted by molar-refractivity contribution is -0.142. The molecule has 1 rings (SSSR count). The molecule has 8 nitrogen and oxygen atoms in total. The third-order valence-corrected chi connectivity index (χ3v) is 3.68. The lowest BCUT2D eigenvalue weighted by Gasteiger charge is -2.19. The number of hydrogen-bond donors (Lipinski definition) is 5. The molecule has 20 heavy (non-hydrogen) atoms. The van der Waals surface area contributed by atoms with Crippen molar-refractivity contribution in [2.45, 2.75) is 25.2 Å². The van der Waals surface area contributed by atoms with E-state index in [2.05, 4.69) is 0 Å². The summed E-state index contributed by atoms with van der Waals surface area (Å²) in [4.78, 5) is 24.6. The Balaban J connectivity index is 2.60. The summed E-state index contributed by atoms with van der Waals surface area (Å²) in [6, 6.07) is -0.803. The van der Waals surface area contributed by atoms with Gasteiger partial charge in [0.1, 0.15) is 0 Å². The zero-order chi connectivity index (χ0) is 15.3. The molecular formula is C11H22BN3O5. The minimum Gasteiger partial charge on any atom is -0.481 e. The summed E-state index contributed by atoms with van der Waals surface area (Å²) in [7, 11) is -1.39. The van der Waals surface area contributed by atoms with Crippen LogP contribution in [0.3, 0.4) is 0 Å². The molecule has 114 valence electrons. The molecule has 1 heterocycles. The first-order valence-corrected chi connectivity index (χ1v) is 6.70. The normalized spacial score (nSPS) is 23.7. The van der Waals surface area contributed by atoms with Gasteiger partial charge in [0.25, 0.3) is 0 Å². The minimum absolute atomic E-state index is 0.0223. The number of aliphatic carboxylic acids is 1. The second-order valence-corrected chi connectivity index (χ2v) is 5.20. The summed E-state index contributed by atoms with van der Waals surface area (Å²) in [6.45, 7) is 0.480. The van der Waals surface area contributed by atoms with Crippen molar-refractivity contribution >= 4 is 19.0 Å². The van der Waals surface area contributed by atoms with Gasteiger partial charge < -0.3 is 31.5 Å². The van der Waals surface area contributed by atoms with Gasteiger partial charge in [-0.05, 0) is 18.7 Å². The average Bonchev–Trinajstić information content (AvgIpc) is 2.80. The summed E-state index contributed by atoms with van der Waals surface area (Å²) < 4.78 is 0. The number of carboxylic acid groups (broad SMARTS) is 1. The van der Waals surface area contributed by atoms with Gasteiger partial charge in [-0.25, -0.2) is 0 Å². The van der Waals surface area contributed by atoms with Crippen molar-refractivity contribution in [3.63, 3.8) is 0 Å². The van der Waals surface area contributed by atoms with Gasteiger partial charge in [-0.15, -0.1) is 0 Å². The Morgan fingerprint density at radius 1 is 1.35 bits per heavy atom. The number of likely N-dealkylation sites (tertiary alicyclic amines) is 1. The van der Waals surface area contributed by atoms with Gasteiger partial charge in [0.2, 0.25) is 5.91 Å². The highest BCUT2D eigenvalue weighted by atomic mass is 16.4. The maximum Gasteiger partial charge on any atom is 0.451 e. The molecule has 1 aliphatic heterocycles.